The Labute approximate surface area is 168 Å². The molecule has 2 amide bonds. The number of amides is 2. The van der Waals surface area contributed by atoms with Crippen molar-refractivity contribution in [3.63, 3.8) is 0 Å². The van der Waals surface area contributed by atoms with Gasteiger partial charge in [-0.3, -0.25) is 14.7 Å². The molecule has 0 bridgehead atoms. The molecule has 1 aromatic carbocycles. The minimum absolute atomic E-state index is 0.227. The van der Waals surface area contributed by atoms with Gasteiger partial charge in [-0.15, -0.1) is 0 Å². The summed E-state index contributed by atoms with van der Waals surface area (Å²) < 4.78 is 2.32. The molecule has 1 aromatic heterocycles. The van der Waals surface area contributed by atoms with Crippen molar-refractivity contribution in [1.29, 1.82) is 0 Å². The van der Waals surface area contributed by atoms with Gasteiger partial charge in [-0.25, -0.2) is 0 Å². The van der Waals surface area contributed by atoms with E-state index in [-0.39, 0.29) is 24.3 Å². The number of nitrogens with one attached hydrogen (secondary N) is 3. The summed E-state index contributed by atoms with van der Waals surface area (Å²) in [5, 5.41) is 13.0. The Morgan fingerprint density at radius 3 is 2.56 bits per heavy atom. The van der Waals surface area contributed by atoms with Gasteiger partial charge in [0.05, 0.1) is 6.54 Å². The minimum atomic E-state index is -0.648. The van der Waals surface area contributed by atoms with E-state index < -0.39 is 6.04 Å². The number of carbonyl (C=O) groups excluding carboxylic acids is 2. The Morgan fingerprint density at radius 1 is 1.30 bits per heavy atom. The third-order valence-electron chi connectivity index (χ3n) is 4.01. The van der Waals surface area contributed by atoms with E-state index in [4.69, 9.17) is 23.8 Å². The highest BCUT2D eigenvalue weighted by Gasteiger charge is 2.23. The number of hydrogen-bond acceptors (Lipinski definition) is 4. The SMILES string of the molecule is CCn1c(CNC(=O)C(CC(C)C)NC(=O)c2ccc(Cl)cc2)n[nH]c1=S. The van der Waals surface area contributed by atoms with Crippen molar-refractivity contribution in [2.45, 2.75) is 46.3 Å². The van der Waals surface area contributed by atoms with Crippen LogP contribution in [0.1, 0.15) is 43.4 Å². The van der Waals surface area contributed by atoms with Crippen molar-refractivity contribution in [3.05, 3.63) is 45.4 Å². The van der Waals surface area contributed by atoms with Gasteiger partial charge in [0.2, 0.25) is 5.91 Å². The second-order valence-electron chi connectivity index (χ2n) is 6.57. The molecule has 0 aliphatic heterocycles. The molecule has 1 heterocycles. The molecule has 2 aromatic rings. The summed E-state index contributed by atoms with van der Waals surface area (Å²) in [6, 6.07) is 5.88. The van der Waals surface area contributed by atoms with Gasteiger partial charge in [-0.05, 0) is 55.7 Å². The molecule has 2 rings (SSSR count). The third-order valence-corrected chi connectivity index (χ3v) is 4.57. The summed E-state index contributed by atoms with van der Waals surface area (Å²) in [5.41, 5.74) is 0.452. The highest BCUT2D eigenvalue weighted by Crippen LogP contribution is 2.11. The van der Waals surface area contributed by atoms with Crippen molar-refractivity contribution >= 4 is 35.6 Å². The first-order valence-corrected chi connectivity index (χ1v) is 9.58. The van der Waals surface area contributed by atoms with Crippen molar-refractivity contribution < 1.29 is 9.59 Å². The minimum Gasteiger partial charge on any atom is -0.347 e. The lowest BCUT2D eigenvalue weighted by Crippen LogP contribution is -2.47. The van der Waals surface area contributed by atoms with E-state index in [0.717, 1.165) is 0 Å². The molecule has 9 heteroatoms. The maximum Gasteiger partial charge on any atom is 0.251 e. The average Bonchev–Trinajstić information content (AvgIpc) is 2.98. The zero-order valence-electron chi connectivity index (χ0n) is 15.6. The fourth-order valence-corrected chi connectivity index (χ4v) is 3.05. The average molecular weight is 410 g/mol. The number of rotatable bonds is 8. The van der Waals surface area contributed by atoms with Crippen molar-refractivity contribution in [2.24, 2.45) is 5.92 Å². The van der Waals surface area contributed by atoms with Crippen LogP contribution in [0.4, 0.5) is 0 Å². The highest BCUT2D eigenvalue weighted by atomic mass is 35.5. The van der Waals surface area contributed by atoms with Crippen molar-refractivity contribution in [3.8, 4) is 0 Å². The van der Waals surface area contributed by atoms with E-state index in [2.05, 4.69) is 20.8 Å². The van der Waals surface area contributed by atoms with E-state index in [9.17, 15) is 9.59 Å². The molecule has 0 spiro atoms. The molecular weight excluding hydrogens is 386 g/mol. The molecule has 0 saturated carbocycles. The fourth-order valence-electron chi connectivity index (χ4n) is 2.65. The number of aromatic nitrogens is 3. The summed E-state index contributed by atoms with van der Waals surface area (Å²) in [6.07, 6.45) is 0.520. The first-order chi connectivity index (χ1) is 12.8. The first-order valence-electron chi connectivity index (χ1n) is 8.80. The van der Waals surface area contributed by atoms with Gasteiger partial charge in [-0.1, -0.05) is 25.4 Å². The largest absolute Gasteiger partial charge is 0.347 e. The van der Waals surface area contributed by atoms with E-state index in [1.54, 1.807) is 28.8 Å². The third kappa shape index (κ3) is 5.90. The van der Waals surface area contributed by atoms with Gasteiger partial charge in [-0.2, -0.15) is 5.10 Å². The Balaban J connectivity index is 2.05. The number of carbonyl (C=O) groups is 2. The lowest BCUT2D eigenvalue weighted by atomic mass is 10.0. The molecule has 7 nitrogen and oxygen atoms in total. The Morgan fingerprint density at radius 2 is 1.96 bits per heavy atom. The summed E-state index contributed by atoms with van der Waals surface area (Å²) >= 11 is 11.0. The molecule has 3 N–H and O–H groups in total. The topological polar surface area (TPSA) is 91.8 Å². The zero-order chi connectivity index (χ0) is 20.0. The zero-order valence-corrected chi connectivity index (χ0v) is 17.2. The van der Waals surface area contributed by atoms with Crippen molar-refractivity contribution in [2.75, 3.05) is 0 Å². The van der Waals surface area contributed by atoms with E-state index in [1.807, 2.05) is 20.8 Å². The van der Waals surface area contributed by atoms with E-state index in [0.29, 0.717) is 34.1 Å². The van der Waals surface area contributed by atoms with Crippen LogP contribution < -0.4 is 10.6 Å². The van der Waals surface area contributed by atoms with Gasteiger partial charge in [0.25, 0.3) is 5.91 Å². The Hall–Kier alpha value is -2.19. The number of aromatic amines is 1. The maximum atomic E-state index is 12.7. The summed E-state index contributed by atoms with van der Waals surface area (Å²) in [5.74, 6) is 0.297. The van der Waals surface area contributed by atoms with Crippen LogP contribution in [0.2, 0.25) is 5.02 Å². The van der Waals surface area contributed by atoms with Crippen LogP contribution in [0.5, 0.6) is 0 Å². The molecule has 0 aliphatic rings. The first kappa shape index (κ1) is 21.1. The Kier molecular flexibility index (Phi) is 7.55. The number of hydrogen-bond donors (Lipinski definition) is 3. The fraction of sp³-hybridized carbons (Fsp3) is 0.444. The summed E-state index contributed by atoms with van der Waals surface area (Å²) in [7, 11) is 0. The van der Waals surface area contributed by atoms with Gasteiger partial charge < -0.3 is 15.2 Å². The molecule has 0 aliphatic carbocycles. The smallest absolute Gasteiger partial charge is 0.251 e. The van der Waals surface area contributed by atoms with E-state index in [1.165, 1.54) is 0 Å². The molecule has 0 fully saturated rings. The molecule has 1 unspecified atom stereocenters. The number of H-pyrrole nitrogens is 1. The van der Waals surface area contributed by atoms with Crippen LogP contribution in [-0.4, -0.2) is 32.6 Å². The van der Waals surface area contributed by atoms with Crippen LogP contribution in [0, 0.1) is 10.7 Å². The highest BCUT2D eigenvalue weighted by molar-refractivity contribution is 7.71. The van der Waals surface area contributed by atoms with Crippen LogP contribution in [0.25, 0.3) is 0 Å². The molecule has 1 atom stereocenters. The molecule has 0 saturated heterocycles. The van der Waals surface area contributed by atoms with Gasteiger partial charge in [0.1, 0.15) is 6.04 Å². The number of halogens is 1. The second kappa shape index (κ2) is 9.66. The lowest BCUT2D eigenvalue weighted by molar-refractivity contribution is -0.123. The van der Waals surface area contributed by atoms with Crippen LogP contribution >= 0.6 is 23.8 Å². The van der Waals surface area contributed by atoms with Crippen LogP contribution in [-0.2, 0) is 17.9 Å². The predicted octanol–water partition coefficient (Wildman–Crippen LogP) is 3.07. The summed E-state index contributed by atoms with van der Waals surface area (Å²) in [6.45, 7) is 6.83. The normalized spacial score (nSPS) is 12.0. The second-order valence-corrected chi connectivity index (χ2v) is 7.39. The van der Waals surface area contributed by atoms with Crippen LogP contribution in [0.15, 0.2) is 24.3 Å². The molecular formula is C18H24ClN5O2S. The summed E-state index contributed by atoms with van der Waals surface area (Å²) in [4.78, 5) is 25.1. The van der Waals surface area contributed by atoms with Crippen molar-refractivity contribution in [1.82, 2.24) is 25.4 Å². The molecule has 146 valence electrons. The lowest BCUT2D eigenvalue weighted by Gasteiger charge is -2.20. The van der Waals surface area contributed by atoms with Gasteiger partial charge in [0, 0.05) is 17.1 Å². The van der Waals surface area contributed by atoms with Gasteiger partial charge >= 0.3 is 0 Å². The quantitative estimate of drug-likeness (QED) is 0.584. The number of nitrogens with zero attached hydrogens (tertiary/aromatic N) is 2. The molecule has 27 heavy (non-hydrogen) atoms. The Bertz CT molecular complexity index is 844. The molecule has 0 radical (unpaired) electrons. The standard InChI is InChI=1S/C18H24ClN5O2S/c1-4-24-15(22-23-18(24)27)10-20-17(26)14(9-11(2)3)21-16(25)12-5-7-13(19)8-6-12/h5-8,11,14H,4,9-10H2,1-3H3,(H,20,26)(H,21,25)(H,23,27). The van der Waals surface area contributed by atoms with E-state index >= 15 is 0 Å². The monoisotopic (exact) mass is 409 g/mol. The number of benzene rings is 1. The van der Waals surface area contributed by atoms with Gasteiger partial charge in [0.15, 0.2) is 10.6 Å². The predicted molar refractivity (Wildman–Crippen MR) is 107 cm³/mol. The maximum absolute atomic E-state index is 12.7. The van der Waals surface area contributed by atoms with Crippen LogP contribution in [0.3, 0.4) is 0 Å².